The first kappa shape index (κ1) is 34.6. The van der Waals surface area contributed by atoms with E-state index in [1.165, 1.54) is 32.8 Å². The number of hydrogen-bond donors (Lipinski definition) is 2. The quantitative estimate of drug-likeness (QED) is 0.0954. The summed E-state index contributed by atoms with van der Waals surface area (Å²) in [5.74, 6) is 0.173. The van der Waals surface area contributed by atoms with Gasteiger partial charge in [-0.25, -0.2) is 9.79 Å². The molecule has 12 heteroatoms. The molecular weight excluding hydrogens is 614 g/mol. The molecule has 0 saturated carbocycles. The van der Waals surface area contributed by atoms with Crippen molar-refractivity contribution in [1.29, 1.82) is 5.26 Å². The fourth-order valence-electron chi connectivity index (χ4n) is 6.29. The topological polar surface area (TPSA) is 152 Å². The molecule has 6 atom stereocenters. The third-order valence-corrected chi connectivity index (χ3v) is 8.47. The average Bonchev–Trinajstić information content (AvgIpc) is 3.40. The lowest BCUT2D eigenvalue weighted by atomic mass is 9.59. The van der Waals surface area contributed by atoms with Gasteiger partial charge in [-0.05, 0) is 22.8 Å². The van der Waals surface area contributed by atoms with Crippen LogP contribution in [-0.4, -0.2) is 96.1 Å². The van der Waals surface area contributed by atoms with Crippen molar-refractivity contribution in [2.75, 3.05) is 34.9 Å². The molecule has 250 valence electrons. The van der Waals surface area contributed by atoms with Crippen LogP contribution in [0.3, 0.4) is 0 Å². The van der Waals surface area contributed by atoms with Gasteiger partial charge in [-0.3, -0.25) is 4.57 Å². The number of benzene rings is 3. The van der Waals surface area contributed by atoms with Gasteiger partial charge in [0.05, 0.1) is 18.4 Å². The number of nitrogens with zero attached hydrogens (tertiary/aromatic N) is 5. The highest BCUT2D eigenvalue weighted by molar-refractivity contribution is 5.59. The molecule has 3 aromatic carbocycles. The predicted molar refractivity (Wildman–Crippen MR) is 178 cm³/mol. The van der Waals surface area contributed by atoms with E-state index in [1.807, 2.05) is 91.0 Å². The number of aliphatic imine (C=N–C) groups is 1. The van der Waals surface area contributed by atoms with E-state index in [-0.39, 0.29) is 12.4 Å². The van der Waals surface area contributed by atoms with Crippen LogP contribution < -0.4 is 5.69 Å². The Morgan fingerprint density at radius 3 is 1.94 bits per heavy atom. The second-order valence-electron chi connectivity index (χ2n) is 11.5. The minimum absolute atomic E-state index is 0.173. The summed E-state index contributed by atoms with van der Waals surface area (Å²) < 4.78 is 25.5. The fraction of sp³-hybridized carbons (Fsp3) is 0.333. The number of aromatic nitrogens is 2. The first-order valence-electron chi connectivity index (χ1n) is 15.3. The minimum Gasteiger partial charge on any atom is -0.387 e. The Hall–Kier alpha value is -4.74. The van der Waals surface area contributed by atoms with Crippen molar-refractivity contribution in [2.24, 2.45) is 4.99 Å². The molecule has 4 aromatic rings. The summed E-state index contributed by atoms with van der Waals surface area (Å²) in [5.41, 5.74) is -1.65. The van der Waals surface area contributed by atoms with Crippen molar-refractivity contribution in [3.05, 3.63) is 130 Å². The van der Waals surface area contributed by atoms with E-state index in [9.17, 15) is 20.3 Å². The zero-order chi connectivity index (χ0) is 34.3. The van der Waals surface area contributed by atoms with Gasteiger partial charge in [0.1, 0.15) is 24.4 Å². The summed E-state index contributed by atoms with van der Waals surface area (Å²) >= 11 is 0. The Morgan fingerprint density at radius 2 is 1.50 bits per heavy atom. The van der Waals surface area contributed by atoms with Crippen molar-refractivity contribution >= 4 is 12.2 Å². The molecule has 2 heterocycles. The van der Waals surface area contributed by atoms with Gasteiger partial charge in [-0.1, -0.05) is 91.0 Å². The largest absolute Gasteiger partial charge is 0.387 e. The van der Waals surface area contributed by atoms with Gasteiger partial charge in [0, 0.05) is 34.5 Å². The third kappa shape index (κ3) is 6.27. The zero-order valence-corrected chi connectivity index (χ0v) is 27.2. The highest BCUT2D eigenvalue weighted by Gasteiger charge is 2.62. The van der Waals surface area contributed by atoms with Gasteiger partial charge in [0.2, 0.25) is 11.9 Å². The Kier molecular flexibility index (Phi) is 10.8. The van der Waals surface area contributed by atoms with Crippen LogP contribution in [0.25, 0.3) is 0 Å². The molecule has 5 rings (SSSR count). The van der Waals surface area contributed by atoms with Gasteiger partial charge < -0.3 is 34.1 Å². The molecule has 1 aromatic heterocycles. The Bertz CT molecular complexity index is 1670. The van der Waals surface area contributed by atoms with Gasteiger partial charge in [-0.15, -0.1) is 0 Å². The second-order valence-corrected chi connectivity index (χ2v) is 11.5. The summed E-state index contributed by atoms with van der Waals surface area (Å²) in [6, 6.07) is 32.4. The Morgan fingerprint density at radius 1 is 0.958 bits per heavy atom. The maximum Gasteiger partial charge on any atom is 0.351 e. The number of methoxy groups -OCH3 is 2. The molecule has 4 unspecified atom stereocenters. The first-order chi connectivity index (χ1) is 23.2. The number of hydrogen-bond acceptors (Lipinski definition) is 10. The molecule has 0 aliphatic carbocycles. The van der Waals surface area contributed by atoms with Gasteiger partial charge in [-0.2, -0.15) is 10.2 Å². The molecule has 2 N–H and O–H groups in total. The Labute approximate surface area is 279 Å². The molecule has 0 radical (unpaired) electrons. The van der Waals surface area contributed by atoms with Crippen LogP contribution in [0.5, 0.6) is 0 Å². The maximum absolute atomic E-state index is 12.9. The van der Waals surface area contributed by atoms with Crippen molar-refractivity contribution in [3.63, 3.8) is 0 Å². The highest BCUT2D eigenvalue weighted by atomic mass is 16.7. The third-order valence-electron chi connectivity index (χ3n) is 8.47. The Balaban J connectivity index is 1.52. The first-order valence-corrected chi connectivity index (χ1v) is 15.3. The van der Waals surface area contributed by atoms with E-state index in [1.54, 1.807) is 19.0 Å². The normalized spacial score (nSPS) is 21.4. The summed E-state index contributed by atoms with van der Waals surface area (Å²) in [4.78, 5) is 22.6. The number of aliphatic hydroxyl groups excluding tert-OH is 2. The maximum atomic E-state index is 12.9. The van der Waals surface area contributed by atoms with Crippen LogP contribution in [0, 0.1) is 11.3 Å². The summed E-state index contributed by atoms with van der Waals surface area (Å²) in [7, 11) is 6.39. The van der Waals surface area contributed by atoms with Crippen LogP contribution >= 0.6 is 0 Å². The average molecular weight is 654 g/mol. The molecule has 12 nitrogen and oxygen atoms in total. The van der Waals surface area contributed by atoms with E-state index in [0.717, 1.165) is 21.3 Å². The van der Waals surface area contributed by atoms with Crippen LogP contribution in [0.1, 0.15) is 22.9 Å². The van der Waals surface area contributed by atoms with Gasteiger partial charge >= 0.3 is 5.69 Å². The lowest BCUT2D eigenvalue weighted by molar-refractivity contribution is -0.241. The van der Waals surface area contributed by atoms with E-state index in [2.05, 4.69) is 16.0 Å². The van der Waals surface area contributed by atoms with E-state index < -0.39 is 47.5 Å². The van der Waals surface area contributed by atoms with Crippen molar-refractivity contribution < 1.29 is 29.2 Å². The highest BCUT2D eigenvalue weighted by Crippen LogP contribution is 2.51. The fourth-order valence-corrected chi connectivity index (χ4v) is 6.29. The van der Waals surface area contributed by atoms with Crippen molar-refractivity contribution in [1.82, 2.24) is 14.5 Å². The molecule has 0 amide bonds. The molecule has 1 aliphatic rings. The zero-order valence-electron chi connectivity index (χ0n) is 27.2. The molecule has 0 bridgehead atoms. The van der Waals surface area contributed by atoms with Crippen LogP contribution in [0.4, 0.5) is 5.82 Å². The molecule has 1 fully saturated rings. The number of nitriles is 1. The lowest BCUT2D eigenvalue weighted by Crippen LogP contribution is -2.62. The predicted octanol–water partition coefficient (Wildman–Crippen LogP) is 3.02. The van der Waals surface area contributed by atoms with E-state index >= 15 is 0 Å². The molecule has 1 saturated heterocycles. The van der Waals surface area contributed by atoms with Crippen molar-refractivity contribution in [3.8, 4) is 6.07 Å². The number of aliphatic hydroxyl groups is 2. The van der Waals surface area contributed by atoms with Crippen LogP contribution in [0.15, 0.2) is 113 Å². The summed E-state index contributed by atoms with van der Waals surface area (Å²) in [5, 5.41) is 33.1. The SMILES string of the molecule is COC(OC[C@H]1O[C@@H](n2ccc(N=CN(C)C)nc2=O)C(O)C1O)C(C#N)(OC)C(c1ccccc1)(c1ccccc1)c1ccccc1. The smallest absolute Gasteiger partial charge is 0.351 e. The van der Waals surface area contributed by atoms with E-state index in [0.29, 0.717) is 0 Å². The number of rotatable bonds is 13. The molecule has 1 aliphatic heterocycles. The molecule has 48 heavy (non-hydrogen) atoms. The summed E-state index contributed by atoms with van der Waals surface area (Å²) in [6.45, 7) is -0.331. The van der Waals surface area contributed by atoms with E-state index in [4.69, 9.17) is 18.9 Å². The van der Waals surface area contributed by atoms with Gasteiger partial charge in [0.25, 0.3) is 0 Å². The summed E-state index contributed by atoms with van der Waals surface area (Å²) in [6.07, 6.45) is -3.80. The molecule has 0 spiro atoms. The van der Waals surface area contributed by atoms with Gasteiger partial charge in [0.15, 0.2) is 12.0 Å². The van der Waals surface area contributed by atoms with Crippen LogP contribution in [-0.2, 0) is 24.4 Å². The number of ether oxygens (including phenoxy) is 4. The van der Waals surface area contributed by atoms with Crippen molar-refractivity contribution in [2.45, 2.75) is 41.8 Å². The lowest BCUT2D eigenvalue weighted by Gasteiger charge is -2.49. The molecular formula is C36H39N5O7. The minimum atomic E-state index is -1.86. The standard InChI is InChI=1S/C36H39N5O7/c1-40(2)24-38-29-20-21-41(34(44)39-29)32-31(43)30(42)28(48-32)22-47-33(45-3)35(23-37,46-4)36(25-14-8-5-9-15-25,26-16-10-6-11-17-26)27-18-12-7-13-19-27/h5-21,24,28,30-33,42-43H,22H2,1-4H3/t28-,30?,31?,32-,33?,35?/m1/s1. The second kappa shape index (κ2) is 15.0. The monoisotopic (exact) mass is 653 g/mol. The van der Waals surface area contributed by atoms with Crippen LogP contribution in [0.2, 0.25) is 0 Å².